The molecule has 0 saturated carbocycles. The van der Waals surface area contributed by atoms with E-state index in [1.807, 2.05) is 36.3 Å². The van der Waals surface area contributed by atoms with Crippen molar-refractivity contribution in [1.29, 1.82) is 0 Å². The molecule has 168 valence electrons. The van der Waals surface area contributed by atoms with Crippen LogP contribution in [0.3, 0.4) is 0 Å². The summed E-state index contributed by atoms with van der Waals surface area (Å²) in [6.45, 7) is 2.58. The number of nitrogens with one attached hydrogen (secondary N) is 1. The van der Waals surface area contributed by atoms with Gasteiger partial charge < -0.3 is 10.1 Å². The molecular weight excluding hydrogens is 400 g/mol. The van der Waals surface area contributed by atoms with Gasteiger partial charge in [0.25, 0.3) is 0 Å². The van der Waals surface area contributed by atoms with Crippen LogP contribution in [0.25, 0.3) is 11.1 Å². The number of hydrogen-bond acceptors (Lipinski definition) is 4. The third-order valence-corrected chi connectivity index (χ3v) is 6.45. The molecule has 1 aliphatic rings. The van der Waals surface area contributed by atoms with Crippen molar-refractivity contribution in [2.75, 3.05) is 27.2 Å². The van der Waals surface area contributed by atoms with Gasteiger partial charge in [0.1, 0.15) is 5.75 Å². The van der Waals surface area contributed by atoms with Gasteiger partial charge in [-0.1, -0.05) is 36.4 Å². The lowest BCUT2D eigenvalue weighted by molar-refractivity contribution is -0.134. The lowest BCUT2D eigenvalue weighted by atomic mass is 9.74. The van der Waals surface area contributed by atoms with E-state index >= 15 is 0 Å². The summed E-state index contributed by atoms with van der Waals surface area (Å²) in [5.74, 6) is 0.985. The number of aryl methyl sites for hydroxylation is 1. The molecule has 0 aliphatic carbocycles. The molecule has 0 bridgehead atoms. The molecule has 1 N–H and O–H groups in total. The zero-order valence-electron chi connectivity index (χ0n) is 19.2. The minimum atomic E-state index is -0.420. The highest BCUT2D eigenvalue weighted by molar-refractivity contribution is 5.83. The van der Waals surface area contributed by atoms with Crippen molar-refractivity contribution in [3.63, 3.8) is 0 Å². The molecule has 1 aromatic heterocycles. The average Bonchev–Trinajstić information content (AvgIpc) is 3.23. The van der Waals surface area contributed by atoms with Gasteiger partial charge in [-0.15, -0.1) is 0 Å². The first-order chi connectivity index (χ1) is 15.5. The first kappa shape index (κ1) is 22.1. The van der Waals surface area contributed by atoms with Crippen molar-refractivity contribution in [2.45, 2.75) is 25.8 Å². The van der Waals surface area contributed by atoms with Gasteiger partial charge in [0.15, 0.2) is 0 Å². The number of methoxy groups -OCH3 is 1. The van der Waals surface area contributed by atoms with Crippen LogP contribution in [-0.4, -0.2) is 47.8 Å². The maximum atomic E-state index is 13.1. The van der Waals surface area contributed by atoms with Crippen LogP contribution in [-0.2, 0) is 24.8 Å². The van der Waals surface area contributed by atoms with Crippen LogP contribution < -0.4 is 10.1 Å². The van der Waals surface area contributed by atoms with E-state index in [0.29, 0.717) is 0 Å². The maximum Gasteiger partial charge on any atom is 0.227 e. The van der Waals surface area contributed by atoms with E-state index in [0.717, 1.165) is 55.8 Å². The lowest BCUT2D eigenvalue weighted by Crippen LogP contribution is -2.52. The van der Waals surface area contributed by atoms with Gasteiger partial charge >= 0.3 is 0 Å². The summed E-state index contributed by atoms with van der Waals surface area (Å²) in [6, 6.07) is 16.7. The van der Waals surface area contributed by atoms with Crippen LogP contribution in [0, 0.1) is 5.41 Å². The van der Waals surface area contributed by atoms with Crippen molar-refractivity contribution in [3.05, 3.63) is 72.1 Å². The molecule has 2 aromatic carbocycles. The Labute approximate surface area is 190 Å². The number of rotatable bonds is 7. The van der Waals surface area contributed by atoms with Crippen molar-refractivity contribution in [3.8, 4) is 16.9 Å². The monoisotopic (exact) mass is 432 g/mol. The first-order valence-electron chi connectivity index (χ1n) is 11.2. The second kappa shape index (κ2) is 9.57. The molecule has 4 rings (SSSR count). The number of carbonyl (C=O) groups excluding carboxylic acids is 1. The maximum absolute atomic E-state index is 13.1. The molecule has 1 saturated heterocycles. The van der Waals surface area contributed by atoms with E-state index in [-0.39, 0.29) is 5.91 Å². The Bertz CT molecular complexity index is 1040. The predicted molar refractivity (Wildman–Crippen MR) is 126 cm³/mol. The van der Waals surface area contributed by atoms with Crippen LogP contribution in [0.2, 0.25) is 0 Å². The molecule has 0 unspecified atom stereocenters. The number of benzene rings is 2. The Morgan fingerprint density at radius 2 is 1.78 bits per heavy atom. The van der Waals surface area contributed by atoms with Crippen molar-refractivity contribution < 1.29 is 9.53 Å². The average molecular weight is 433 g/mol. The molecule has 2 heterocycles. The number of amides is 1. The van der Waals surface area contributed by atoms with Crippen LogP contribution >= 0.6 is 0 Å². The largest absolute Gasteiger partial charge is 0.497 e. The van der Waals surface area contributed by atoms with Gasteiger partial charge in [-0.3, -0.25) is 14.4 Å². The molecule has 0 radical (unpaired) electrons. The highest BCUT2D eigenvalue weighted by Crippen LogP contribution is 2.35. The van der Waals surface area contributed by atoms with Gasteiger partial charge in [-0.25, -0.2) is 0 Å². The van der Waals surface area contributed by atoms with Gasteiger partial charge in [-0.05, 0) is 54.6 Å². The lowest BCUT2D eigenvalue weighted by Gasteiger charge is -2.41. The Morgan fingerprint density at radius 1 is 1.09 bits per heavy atom. The van der Waals surface area contributed by atoms with Gasteiger partial charge in [0, 0.05) is 38.9 Å². The van der Waals surface area contributed by atoms with E-state index in [9.17, 15) is 4.79 Å². The van der Waals surface area contributed by atoms with Crippen molar-refractivity contribution in [2.24, 2.45) is 12.5 Å². The van der Waals surface area contributed by atoms with E-state index in [4.69, 9.17) is 4.74 Å². The fraction of sp³-hybridized carbons (Fsp3) is 0.385. The summed E-state index contributed by atoms with van der Waals surface area (Å²) in [6.07, 6.45) is 6.61. The Morgan fingerprint density at radius 3 is 2.38 bits per heavy atom. The SMILES string of the molecule is CNC(=O)[C@@]1(Cc2ccc(-c3ccc(OC)cc3)cc2)CCCN(Cc2cnn(C)c2)C1. The topological polar surface area (TPSA) is 59.4 Å². The van der Waals surface area contributed by atoms with Gasteiger partial charge in [0.05, 0.1) is 18.7 Å². The highest BCUT2D eigenvalue weighted by atomic mass is 16.5. The van der Waals surface area contributed by atoms with Gasteiger partial charge in [0.2, 0.25) is 5.91 Å². The van der Waals surface area contributed by atoms with Gasteiger partial charge in [-0.2, -0.15) is 5.10 Å². The Kier molecular flexibility index (Phi) is 6.61. The number of aromatic nitrogens is 2. The van der Waals surface area contributed by atoms with Crippen molar-refractivity contribution >= 4 is 5.91 Å². The summed E-state index contributed by atoms with van der Waals surface area (Å²) in [5, 5.41) is 7.22. The fourth-order valence-electron chi connectivity index (χ4n) is 4.84. The third kappa shape index (κ3) is 4.86. The number of carbonyl (C=O) groups is 1. The quantitative estimate of drug-likeness (QED) is 0.619. The molecule has 32 heavy (non-hydrogen) atoms. The van der Waals surface area contributed by atoms with E-state index in [2.05, 4.69) is 51.7 Å². The summed E-state index contributed by atoms with van der Waals surface area (Å²) in [4.78, 5) is 15.5. The summed E-state index contributed by atoms with van der Waals surface area (Å²) < 4.78 is 7.08. The molecule has 6 nitrogen and oxygen atoms in total. The number of ether oxygens (including phenoxy) is 1. The van der Waals surface area contributed by atoms with Crippen LogP contribution in [0.15, 0.2) is 60.9 Å². The molecule has 1 aliphatic heterocycles. The van der Waals surface area contributed by atoms with Crippen LogP contribution in [0.5, 0.6) is 5.75 Å². The highest BCUT2D eigenvalue weighted by Gasteiger charge is 2.41. The fourth-order valence-corrected chi connectivity index (χ4v) is 4.84. The first-order valence-corrected chi connectivity index (χ1v) is 11.2. The molecule has 3 aromatic rings. The molecule has 1 atom stereocenters. The number of likely N-dealkylation sites (tertiary alicyclic amines) is 1. The zero-order valence-corrected chi connectivity index (χ0v) is 19.2. The summed E-state index contributed by atoms with van der Waals surface area (Å²) >= 11 is 0. The zero-order chi connectivity index (χ0) is 22.6. The molecule has 1 fully saturated rings. The molecule has 6 heteroatoms. The van der Waals surface area contributed by atoms with Crippen molar-refractivity contribution in [1.82, 2.24) is 20.0 Å². The predicted octanol–water partition coefficient (Wildman–Crippen LogP) is 3.67. The minimum Gasteiger partial charge on any atom is -0.497 e. The number of hydrogen-bond donors (Lipinski definition) is 1. The molecule has 1 amide bonds. The standard InChI is InChI=1S/C26H32N4O2/c1-27-25(31)26(13-4-14-30(19-26)18-21-16-28-29(2)17-21)15-20-5-7-22(8-6-20)23-9-11-24(32-3)12-10-23/h5-12,16-17H,4,13-15,18-19H2,1-3H3,(H,27,31)/t26-/m1/s1. The summed E-state index contributed by atoms with van der Waals surface area (Å²) in [7, 11) is 5.36. The minimum absolute atomic E-state index is 0.132. The van der Waals surface area contributed by atoms with E-state index in [1.165, 1.54) is 11.1 Å². The second-order valence-electron chi connectivity index (χ2n) is 8.80. The smallest absolute Gasteiger partial charge is 0.227 e. The van der Waals surface area contributed by atoms with E-state index in [1.54, 1.807) is 14.2 Å². The third-order valence-electron chi connectivity index (χ3n) is 6.45. The summed E-state index contributed by atoms with van der Waals surface area (Å²) in [5.41, 5.74) is 4.26. The number of nitrogens with zero attached hydrogens (tertiary/aromatic N) is 3. The molecule has 0 spiro atoms. The van der Waals surface area contributed by atoms with Crippen LogP contribution in [0.4, 0.5) is 0 Å². The van der Waals surface area contributed by atoms with Crippen LogP contribution in [0.1, 0.15) is 24.0 Å². The second-order valence-corrected chi connectivity index (χ2v) is 8.80. The Balaban J connectivity index is 1.51. The Hall–Kier alpha value is -3.12. The molecular formula is C26H32N4O2. The normalized spacial score (nSPS) is 19.0. The van der Waals surface area contributed by atoms with E-state index < -0.39 is 5.41 Å². The number of piperidine rings is 1.